The maximum atomic E-state index is 12.7. The molecular weight excluding hydrogens is 320 g/mol. The first-order valence-electron chi connectivity index (χ1n) is 9.43. The highest BCUT2D eigenvalue weighted by atomic mass is 16.5. The van der Waals surface area contributed by atoms with E-state index in [-0.39, 0.29) is 30.2 Å². The Balaban J connectivity index is 1.60. The Kier molecular flexibility index (Phi) is 5.71. The van der Waals surface area contributed by atoms with E-state index in [1.807, 2.05) is 18.7 Å². The number of likely N-dealkylation sites (tertiary alicyclic amines) is 2. The Morgan fingerprint density at radius 3 is 2.84 bits per heavy atom. The van der Waals surface area contributed by atoms with Crippen molar-refractivity contribution in [1.82, 2.24) is 19.9 Å². The van der Waals surface area contributed by atoms with Gasteiger partial charge in [-0.15, -0.1) is 0 Å². The summed E-state index contributed by atoms with van der Waals surface area (Å²) in [6.07, 6.45) is 5.43. The van der Waals surface area contributed by atoms with Crippen LogP contribution in [0.2, 0.25) is 0 Å². The van der Waals surface area contributed by atoms with Crippen molar-refractivity contribution >= 4 is 11.8 Å². The van der Waals surface area contributed by atoms with Crippen molar-refractivity contribution in [2.24, 2.45) is 0 Å². The molecule has 7 nitrogen and oxygen atoms in total. The van der Waals surface area contributed by atoms with Crippen molar-refractivity contribution in [2.45, 2.75) is 64.2 Å². The van der Waals surface area contributed by atoms with Crippen LogP contribution in [0.15, 0.2) is 4.52 Å². The van der Waals surface area contributed by atoms with E-state index in [4.69, 9.17) is 4.52 Å². The van der Waals surface area contributed by atoms with E-state index < -0.39 is 0 Å². The van der Waals surface area contributed by atoms with Crippen LogP contribution in [0.1, 0.15) is 75.9 Å². The monoisotopic (exact) mass is 348 g/mol. The standard InChI is InChI=1S/C18H28N4O3/c1-13(2)17-19-18(25-20-17)14-7-6-10-21(11-14)16(24)12-22-9-5-3-4-8-15(22)23/h13-14H,3-12H2,1-2H3/t14-/m0/s1. The number of piperidine rings is 1. The minimum atomic E-state index is 0.0311. The molecular formula is C18H28N4O3. The van der Waals surface area contributed by atoms with Crippen molar-refractivity contribution in [3.05, 3.63) is 11.7 Å². The van der Waals surface area contributed by atoms with Gasteiger partial charge in [-0.1, -0.05) is 25.4 Å². The quantitative estimate of drug-likeness (QED) is 0.834. The van der Waals surface area contributed by atoms with Crippen molar-refractivity contribution in [3.63, 3.8) is 0 Å². The number of aromatic nitrogens is 2. The highest BCUT2D eigenvalue weighted by Crippen LogP contribution is 2.27. The van der Waals surface area contributed by atoms with E-state index in [9.17, 15) is 9.59 Å². The fourth-order valence-corrected chi connectivity index (χ4v) is 3.52. The molecule has 7 heteroatoms. The minimum Gasteiger partial charge on any atom is -0.340 e. The zero-order valence-corrected chi connectivity index (χ0v) is 15.2. The Hall–Kier alpha value is -1.92. The van der Waals surface area contributed by atoms with Gasteiger partial charge in [0.05, 0.1) is 12.5 Å². The van der Waals surface area contributed by atoms with Crippen LogP contribution in [0.25, 0.3) is 0 Å². The number of rotatable bonds is 4. The number of amides is 2. The SMILES string of the molecule is CC(C)c1noc([C@H]2CCCN(C(=O)CN3CCCCCC3=O)C2)n1. The van der Waals surface area contributed by atoms with Crippen molar-refractivity contribution < 1.29 is 14.1 Å². The highest BCUT2D eigenvalue weighted by molar-refractivity contribution is 5.85. The summed E-state index contributed by atoms with van der Waals surface area (Å²) in [5.41, 5.74) is 0. The smallest absolute Gasteiger partial charge is 0.242 e. The predicted molar refractivity (Wildman–Crippen MR) is 92.0 cm³/mol. The molecule has 0 N–H and O–H groups in total. The minimum absolute atomic E-state index is 0.0311. The molecule has 3 heterocycles. The number of carbonyl (C=O) groups is 2. The first kappa shape index (κ1) is 17.9. The Morgan fingerprint density at radius 1 is 1.24 bits per heavy atom. The molecule has 2 saturated heterocycles. The second kappa shape index (κ2) is 7.97. The number of hydrogen-bond acceptors (Lipinski definition) is 5. The van der Waals surface area contributed by atoms with Crippen molar-refractivity contribution in [1.29, 1.82) is 0 Å². The average molecular weight is 348 g/mol. The normalized spacial score (nSPS) is 22.4. The number of carbonyl (C=O) groups excluding carboxylic acids is 2. The molecule has 2 fully saturated rings. The summed E-state index contributed by atoms with van der Waals surface area (Å²) < 4.78 is 5.41. The zero-order valence-electron chi connectivity index (χ0n) is 15.2. The van der Waals surface area contributed by atoms with Crippen LogP contribution in [0.5, 0.6) is 0 Å². The molecule has 0 unspecified atom stereocenters. The predicted octanol–water partition coefficient (Wildman–Crippen LogP) is 2.30. The fourth-order valence-electron chi connectivity index (χ4n) is 3.52. The maximum Gasteiger partial charge on any atom is 0.242 e. The largest absolute Gasteiger partial charge is 0.340 e. The van der Waals surface area contributed by atoms with Gasteiger partial charge in [0.1, 0.15) is 0 Å². The lowest BCUT2D eigenvalue weighted by Crippen LogP contribution is -2.46. The number of nitrogens with zero attached hydrogens (tertiary/aromatic N) is 4. The first-order valence-corrected chi connectivity index (χ1v) is 9.43. The molecule has 1 atom stereocenters. The van der Waals surface area contributed by atoms with Gasteiger partial charge in [0, 0.05) is 32.0 Å². The molecule has 0 spiro atoms. The van der Waals surface area contributed by atoms with E-state index in [0.717, 1.165) is 38.6 Å². The highest BCUT2D eigenvalue weighted by Gasteiger charge is 2.30. The molecule has 25 heavy (non-hydrogen) atoms. The van der Waals surface area contributed by atoms with Crippen molar-refractivity contribution in [3.8, 4) is 0 Å². The topological polar surface area (TPSA) is 79.5 Å². The van der Waals surface area contributed by atoms with Gasteiger partial charge in [-0.25, -0.2) is 0 Å². The third-order valence-electron chi connectivity index (χ3n) is 5.09. The summed E-state index contributed by atoms with van der Waals surface area (Å²) in [5.74, 6) is 1.81. The van der Waals surface area contributed by atoms with Gasteiger partial charge in [0.2, 0.25) is 17.7 Å². The van der Waals surface area contributed by atoms with Gasteiger partial charge in [-0.05, 0) is 25.7 Å². The van der Waals surface area contributed by atoms with Gasteiger partial charge in [-0.2, -0.15) is 4.98 Å². The van der Waals surface area contributed by atoms with E-state index >= 15 is 0 Å². The van der Waals surface area contributed by atoms with Gasteiger partial charge in [-0.3, -0.25) is 9.59 Å². The Labute approximate surface area is 148 Å². The summed E-state index contributed by atoms with van der Waals surface area (Å²) in [7, 11) is 0. The molecule has 1 aromatic heterocycles. The second-order valence-electron chi connectivity index (χ2n) is 7.45. The van der Waals surface area contributed by atoms with Crippen molar-refractivity contribution in [2.75, 3.05) is 26.2 Å². The molecule has 0 bridgehead atoms. The molecule has 2 aliphatic heterocycles. The van der Waals surface area contributed by atoms with Gasteiger partial charge < -0.3 is 14.3 Å². The fraction of sp³-hybridized carbons (Fsp3) is 0.778. The molecule has 2 amide bonds. The zero-order chi connectivity index (χ0) is 17.8. The lowest BCUT2D eigenvalue weighted by molar-refractivity contribution is -0.141. The summed E-state index contributed by atoms with van der Waals surface area (Å²) in [4.78, 5) is 32.9. The van der Waals surface area contributed by atoms with E-state index in [0.29, 0.717) is 31.2 Å². The van der Waals surface area contributed by atoms with E-state index in [2.05, 4.69) is 10.1 Å². The van der Waals surface area contributed by atoms with Crippen LogP contribution in [0.4, 0.5) is 0 Å². The van der Waals surface area contributed by atoms with Gasteiger partial charge in [0.25, 0.3) is 0 Å². The van der Waals surface area contributed by atoms with Crippen LogP contribution in [0, 0.1) is 0 Å². The van der Waals surface area contributed by atoms with Crippen LogP contribution >= 0.6 is 0 Å². The van der Waals surface area contributed by atoms with Crippen LogP contribution < -0.4 is 0 Å². The molecule has 0 aromatic carbocycles. The average Bonchev–Trinajstić information content (AvgIpc) is 3.02. The van der Waals surface area contributed by atoms with Crippen LogP contribution in [-0.4, -0.2) is 57.9 Å². The lowest BCUT2D eigenvalue weighted by Gasteiger charge is -2.32. The summed E-state index contributed by atoms with van der Waals surface area (Å²) >= 11 is 0. The van der Waals surface area contributed by atoms with E-state index in [1.165, 1.54) is 0 Å². The van der Waals surface area contributed by atoms with Gasteiger partial charge in [0.15, 0.2) is 5.82 Å². The molecule has 138 valence electrons. The lowest BCUT2D eigenvalue weighted by atomic mass is 9.98. The van der Waals surface area contributed by atoms with Crippen LogP contribution in [-0.2, 0) is 9.59 Å². The Morgan fingerprint density at radius 2 is 2.08 bits per heavy atom. The molecule has 0 aliphatic carbocycles. The number of hydrogen-bond donors (Lipinski definition) is 0. The molecule has 1 aromatic rings. The molecule has 3 rings (SSSR count). The summed E-state index contributed by atoms with van der Waals surface area (Å²) in [5, 5.41) is 4.03. The van der Waals surface area contributed by atoms with E-state index in [1.54, 1.807) is 4.90 Å². The Bertz CT molecular complexity index is 613. The molecule has 0 saturated carbocycles. The third-order valence-corrected chi connectivity index (χ3v) is 5.09. The van der Waals surface area contributed by atoms with Crippen LogP contribution in [0.3, 0.4) is 0 Å². The first-order chi connectivity index (χ1) is 12.0. The third kappa shape index (κ3) is 4.38. The molecule has 2 aliphatic rings. The molecule has 0 radical (unpaired) electrons. The maximum absolute atomic E-state index is 12.7. The van der Waals surface area contributed by atoms with Gasteiger partial charge >= 0.3 is 0 Å². The summed E-state index contributed by atoms with van der Waals surface area (Å²) in [6.45, 7) is 6.30. The summed E-state index contributed by atoms with van der Waals surface area (Å²) in [6, 6.07) is 0. The second-order valence-corrected chi connectivity index (χ2v) is 7.45.